The lowest BCUT2D eigenvalue weighted by Gasteiger charge is -2.26. The molecule has 1 amide bonds. The molecule has 0 aliphatic carbocycles. The Labute approximate surface area is 168 Å². The SMILES string of the molecule is Cc1ccc(-c2ccsc2C(=O)NCC(c2cccs2)N2CCCC2)cc1. The number of amides is 1. The van der Waals surface area contributed by atoms with Crippen LogP contribution in [0.1, 0.15) is 39.0 Å². The minimum Gasteiger partial charge on any atom is -0.349 e. The van der Waals surface area contributed by atoms with Gasteiger partial charge >= 0.3 is 0 Å². The van der Waals surface area contributed by atoms with E-state index in [4.69, 9.17) is 0 Å². The second-order valence-corrected chi connectivity index (χ2v) is 8.91. The molecule has 4 rings (SSSR count). The highest BCUT2D eigenvalue weighted by molar-refractivity contribution is 7.12. The van der Waals surface area contributed by atoms with E-state index in [1.54, 1.807) is 11.3 Å². The second-order valence-electron chi connectivity index (χ2n) is 7.01. The number of hydrogen-bond donors (Lipinski definition) is 1. The number of hydrogen-bond acceptors (Lipinski definition) is 4. The number of carbonyl (C=O) groups is 1. The van der Waals surface area contributed by atoms with E-state index in [-0.39, 0.29) is 11.9 Å². The Hall–Kier alpha value is -1.95. The smallest absolute Gasteiger partial charge is 0.262 e. The molecule has 1 atom stereocenters. The molecule has 5 heteroatoms. The van der Waals surface area contributed by atoms with Gasteiger partial charge in [-0.05, 0) is 61.3 Å². The van der Waals surface area contributed by atoms with Gasteiger partial charge in [0.25, 0.3) is 5.91 Å². The molecule has 1 fully saturated rings. The molecule has 1 aliphatic rings. The third-order valence-corrected chi connectivity index (χ3v) is 7.03. The number of rotatable bonds is 6. The largest absolute Gasteiger partial charge is 0.349 e. The summed E-state index contributed by atoms with van der Waals surface area (Å²) in [6, 6.07) is 15.0. The van der Waals surface area contributed by atoms with Crippen LogP contribution in [0.4, 0.5) is 0 Å². The third-order valence-electron chi connectivity index (χ3n) is 5.14. The molecule has 0 saturated carbocycles. The van der Waals surface area contributed by atoms with Crippen molar-refractivity contribution >= 4 is 28.6 Å². The molecule has 1 saturated heterocycles. The first-order valence-electron chi connectivity index (χ1n) is 9.42. The van der Waals surface area contributed by atoms with Gasteiger partial charge < -0.3 is 5.32 Å². The van der Waals surface area contributed by atoms with Gasteiger partial charge in [-0.1, -0.05) is 35.9 Å². The topological polar surface area (TPSA) is 32.3 Å². The minimum atomic E-state index is 0.0290. The maximum absolute atomic E-state index is 12.9. The molecule has 1 N–H and O–H groups in total. The first-order chi connectivity index (χ1) is 13.2. The van der Waals surface area contributed by atoms with Gasteiger partial charge in [-0.2, -0.15) is 0 Å². The van der Waals surface area contributed by atoms with Crippen LogP contribution in [0, 0.1) is 6.92 Å². The summed E-state index contributed by atoms with van der Waals surface area (Å²) in [6.45, 7) is 4.97. The number of nitrogens with zero attached hydrogens (tertiary/aromatic N) is 1. The van der Waals surface area contributed by atoms with Gasteiger partial charge in [0.05, 0.1) is 10.9 Å². The zero-order chi connectivity index (χ0) is 18.6. The van der Waals surface area contributed by atoms with E-state index in [1.807, 2.05) is 11.4 Å². The van der Waals surface area contributed by atoms with Crippen LogP contribution in [0.15, 0.2) is 53.2 Å². The van der Waals surface area contributed by atoms with Gasteiger partial charge in [0, 0.05) is 17.0 Å². The average Bonchev–Trinajstić information content (AvgIpc) is 3.44. The number of aryl methyl sites for hydroxylation is 1. The van der Waals surface area contributed by atoms with E-state index in [0.717, 1.165) is 29.1 Å². The highest BCUT2D eigenvalue weighted by Crippen LogP contribution is 2.30. The van der Waals surface area contributed by atoms with Crippen LogP contribution in [0.2, 0.25) is 0 Å². The standard InChI is InChI=1S/C22H24N2OS2/c1-16-6-8-17(9-7-16)18-10-14-27-21(18)22(25)23-15-19(20-5-4-13-26-20)24-11-2-3-12-24/h4-10,13-14,19H,2-3,11-12,15H2,1H3,(H,23,25). The lowest BCUT2D eigenvalue weighted by Crippen LogP contribution is -2.36. The predicted molar refractivity (Wildman–Crippen MR) is 115 cm³/mol. The number of likely N-dealkylation sites (tertiary alicyclic amines) is 1. The zero-order valence-electron chi connectivity index (χ0n) is 15.5. The summed E-state index contributed by atoms with van der Waals surface area (Å²) in [5.41, 5.74) is 3.34. The van der Waals surface area contributed by atoms with Gasteiger partial charge in [-0.3, -0.25) is 9.69 Å². The Bertz CT molecular complexity index is 877. The summed E-state index contributed by atoms with van der Waals surface area (Å²) in [5, 5.41) is 7.33. The molecule has 140 valence electrons. The van der Waals surface area contributed by atoms with Crippen molar-refractivity contribution in [3.8, 4) is 11.1 Å². The van der Waals surface area contributed by atoms with E-state index >= 15 is 0 Å². The van der Waals surface area contributed by atoms with E-state index in [2.05, 4.69) is 58.9 Å². The van der Waals surface area contributed by atoms with E-state index in [0.29, 0.717) is 6.54 Å². The normalized spacial score (nSPS) is 15.7. The minimum absolute atomic E-state index is 0.0290. The lowest BCUT2D eigenvalue weighted by atomic mass is 10.0. The van der Waals surface area contributed by atoms with Crippen LogP contribution < -0.4 is 5.32 Å². The highest BCUT2D eigenvalue weighted by atomic mass is 32.1. The maximum Gasteiger partial charge on any atom is 0.262 e. The molecule has 2 aromatic heterocycles. The van der Waals surface area contributed by atoms with Crippen LogP contribution in [0.5, 0.6) is 0 Å². The van der Waals surface area contributed by atoms with Crippen LogP contribution >= 0.6 is 22.7 Å². The van der Waals surface area contributed by atoms with Crippen molar-refractivity contribution in [1.29, 1.82) is 0 Å². The Morgan fingerprint density at radius 3 is 2.56 bits per heavy atom. The monoisotopic (exact) mass is 396 g/mol. The Balaban J connectivity index is 1.49. The van der Waals surface area contributed by atoms with Crippen molar-refractivity contribution in [2.75, 3.05) is 19.6 Å². The molecule has 1 aliphatic heterocycles. The molecule has 0 spiro atoms. The van der Waals surface area contributed by atoms with Crippen LogP contribution in [0.25, 0.3) is 11.1 Å². The predicted octanol–water partition coefficient (Wildman–Crippen LogP) is 5.35. The molecule has 1 aromatic carbocycles. The van der Waals surface area contributed by atoms with Gasteiger partial charge in [-0.15, -0.1) is 22.7 Å². The first-order valence-corrected chi connectivity index (χ1v) is 11.2. The number of thiophene rings is 2. The van der Waals surface area contributed by atoms with Crippen LogP contribution in [0.3, 0.4) is 0 Å². The molecule has 0 bridgehead atoms. The first kappa shape index (κ1) is 18.4. The van der Waals surface area contributed by atoms with Crippen molar-refractivity contribution < 1.29 is 4.79 Å². The summed E-state index contributed by atoms with van der Waals surface area (Å²) in [6.07, 6.45) is 2.50. The fourth-order valence-electron chi connectivity index (χ4n) is 3.66. The second kappa shape index (κ2) is 8.38. The van der Waals surface area contributed by atoms with Gasteiger partial charge in [0.1, 0.15) is 0 Å². The van der Waals surface area contributed by atoms with Crippen molar-refractivity contribution in [3.63, 3.8) is 0 Å². The van der Waals surface area contributed by atoms with Crippen molar-refractivity contribution in [2.45, 2.75) is 25.8 Å². The molecule has 3 heterocycles. The van der Waals surface area contributed by atoms with Crippen LogP contribution in [-0.2, 0) is 0 Å². The zero-order valence-corrected chi connectivity index (χ0v) is 17.1. The Morgan fingerprint density at radius 1 is 1.07 bits per heavy atom. The van der Waals surface area contributed by atoms with E-state index in [9.17, 15) is 4.79 Å². The number of nitrogens with one attached hydrogen (secondary N) is 1. The lowest BCUT2D eigenvalue weighted by molar-refractivity contribution is 0.0943. The quantitative estimate of drug-likeness (QED) is 0.609. The highest BCUT2D eigenvalue weighted by Gasteiger charge is 2.25. The maximum atomic E-state index is 12.9. The molecule has 27 heavy (non-hydrogen) atoms. The summed E-state index contributed by atoms with van der Waals surface area (Å²) in [5.74, 6) is 0.0290. The average molecular weight is 397 g/mol. The summed E-state index contributed by atoms with van der Waals surface area (Å²) in [4.78, 5) is 17.6. The van der Waals surface area contributed by atoms with E-state index in [1.165, 1.54) is 34.6 Å². The Morgan fingerprint density at radius 2 is 1.85 bits per heavy atom. The molecule has 1 unspecified atom stereocenters. The molecular weight excluding hydrogens is 372 g/mol. The number of carbonyl (C=O) groups excluding carboxylic acids is 1. The summed E-state index contributed by atoms with van der Waals surface area (Å²) < 4.78 is 0. The molecular formula is C22H24N2OS2. The fraction of sp³-hybridized carbons (Fsp3) is 0.318. The van der Waals surface area contributed by atoms with Crippen LogP contribution in [-0.4, -0.2) is 30.4 Å². The van der Waals surface area contributed by atoms with Gasteiger partial charge in [0.15, 0.2) is 0 Å². The summed E-state index contributed by atoms with van der Waals surface area (Å²) >= 11 is 3.29. The Kier molecular flexibility index (Phi) is 5.72. The van der Waals surface area contributed by atoms with Gasteiger partial charge in [0.2, 0.25) is 0 Å². The van der Waals surface area contributed by atoms with Crippen molar-refractivity contribution in [1.82, 2.24) is 10.2 Å². The van der Waals surface area contributed by atoms with Crippen molar-refractivity contribution in [3.05, 3.63) is 68.5 Å². The van der Waals surface area contributed by atoms with E-state index < -0.39 is 0 Å². The molecule has 0 radical (unpaired) electrons. The number of benzene rings is 1. The molecule has 3 nitrogen and oxygen atoms in total. The van der Waals surface area contributed by atoms with Gasteiger partial charge in [-0.25, -0.2) is 0 Å². The fourth-order valence-corrected chi connectivity index (χ4v) is 5.35. The molecule has 3 aromatic rings. The third kappa shape index (κ3) is 4.15. The summed E-state index contributed by atoms with van der Waals surface area (Å²) in [7, 11) is 0. The van der Waals surface area contributed by atoms with Crippen molar-refractivity contribution in [2.24, 2.45) is 0 Å².